The van der Waals surface area contributed by atoms with Gasteiger partial charge in [0.1, 0.15) is 0 Å². The van der Waals surface area contributed by atoms with E-state index in [0.717, 1.165) is 10.7 Å². The predicted molar refractivity (Wildman–Crippen MR) is 100 cm³/mol. The van der Waals surface area contributed by atoms with Crippen molar-refractivity contribution in [2.24, 2.45) is 0 Å². The summed E-state index contributed by atoms with van der Waals surface area (Å²) in [7, 11) is -0.550. The van der Waals surface area contributed by atoms with Gasteiger partial charge in [0.15, 0.2) is 0 Å². The van der Waals surface area contributed by atoms with E-state index in [1.54, 1.807) is 0 Å². The number of carbonyl (C=O) groups excluding carboxylic acids is 1. The van der Waals surface area contributed by atoms with Crippen LogP contribution in [0, 0.1) is 0 Å². The summed E-state index contributed by atoms with van der Waals surface area (Å²) in [6, 6.07) is 13.7. The van der Waals surface area contributed by atoms with Crippen LogP contribution < -0.4 is 5.32 Å². The fourth-order valence-electron chi connectivity index (χ4n) is 2.32. The van der Waals surface area contributed by atoms with E-state index < -0.39 is 10.0 Å². The second-order valence-corrected chi connectivity index (χ2v) is 8.35. The smallest absolute Gasteiger partial charge is 0.255 e. The number of hydrogen-bond donors (Lipinski definition) is 1. The molecule has 0 saturated heterocycles. The number of nitrogens with one attached hydrogen (secondary N) is 1. The number of anilines is 1. The molecule has 5 nitrogen and oxygen atoms in total. The quantitative estimate of drug-likeness (QED) is 0.854. The van der Waals surface area contributed by atoms with Gasteiger partial charge in [-0.3, -0.25) is 4.79 Å². The van der Waals surface area contributed by atoms with Crippen LogP contribution in [0.5, 0.6) is 0 Å². The Morgan fingerprint density at radius 2 is 1.60 bits per heavy atom. The van der Waals surface area contributed by atoms with Crippen LogP contribution in [0.2, 0.25) is 0 Å². The molecule has 0 fully saturated rings. The molecule has 0 aliphatic rings. The molecule has 2 aromatic carbocycles. The molecule has 0 aliphatic heterocycles. The maximum atomic E-state index is 12.3. The van der Waals surface area contributed by atoms with E-state index in [2.05, 4.69) is 19.2 Å². The molecule has 0 spiro atoms. The first-order valence-electron chi connectivity index (χ1n) is 8.19. The molecule has 25 heavy (non-hydrogen) atoms. The Balaban J connectivity index is 2.11. The van der Waals surface area contributed by atoms with Gasteiger partial charge in [0, 0.05) is 25.3 Å². The molecule has 134 valence electrons. The normalized spacial score (nSPS) is 12.8. The van der Waals surface area contributed by atoms with E-state index in [-0.39, 0.29) is 10.8 Å². The van der Waals surface area contributed by atoms with Gasteiger partial charge < -0.3 is 5.32 Å². The highest BCUT2D eigenvalue weighted by Crippen LogP contribution is 2.21. The van der Waals surface area contributed by atoms with Crippen molar-refractivity contribution in [3.8, 4) is 0 Å². The Hall–Kier alpha value is -2.18. The first-order valence-corrected chi connectivity index (χ1v) is 9.63. The SMILES string of the molecule is CC[C@H](C)c1ccc(NC(=O)c2ccc(S(=O)(=O)N(C)C)cc2)cc1. The van der Waals surface area contributed by atoms with Crippen molar-refractivity contribution < 1.29 is 13.2 Å². The van der Waals surface area contributed by atoms with Crippen LogP contribution in [0.25, 0.3) is 0 Å². The van der Waals surface area contributed by atoms with E-state index in [0.29, 0.717) is 17.2 Å². The van der Waals surface area contributed by atoms with Crippen LogP contribution in [0.4, 0.5) is 5.69 Å². The van der Waals surface area contributed by atoms with Gasteiger partial charge in [0.2, 0.25) is 10.0 Å². The lowest BCUT2D eigenvalue weighted by Gasteiger charge is -2.12. The summed E-state index contributed by atoms with van der Waals surface area (Å²) in [4.78, 5) is 12.5. The highest BCUT2D eigenvalue weighted by molar-refractivity contribution is 7.89. The Labute approximate surface area is 149 Å². The van der Waals surface area contributed by atoms with Crippen LogP contribution >= 0.6 is 0 Å². The molecule has 0 saturated carbocycles. The molecule has 0 aromatic heterocycles. The number of amides is 1. The summed E-state index contributed by atoms with van der Waals surface area (Å²) in [6.45, 7) is 4.30. The number of carbonyl (C=O) groups is 1. The van der Waals surface area contributed by atoms with Crippen LogP contribution in [0.15, 0.2) is 53.4 Å². The molecule has 0 radical (unpaired) electrons. The molecule has 0 bridgehead atoms. The van der Waals surface area contributed by atoms with Crippen molar-refractivity contribution in [3.05, 3.63) is 59.7 Å². The second-order valence-electron chi connectivity index (χ2n) is 6.20. The minimum Gasteiger partial charge on any atom is -0.322 e. The van der Waals surface area contributed by atoms with Crippen molar-refractivity contribution in [2.45, 2.75) is 31.1 Å². The third-order valence-electron chi connectivity index (χ3n) is 4.25. The molecule has 0 heterocycles. The van der Waals surface area contributed by atoms with E-state index in [1.807, 2.05) is 24.3 Å². The number of nitrogens with zero attached hydrogens (tertiary/aromatic N) is 1. The molecule has 2 rings (SSSR count). The van der Waals surface area contributed by atoms with Gasteiger partial charge in [-0.05, 0) is 54.3 Å². The minimum atomic E-state index is -3.49. The lowest BCUT2D eigenvalue weighted by molar-refractivity contribution is 0.102. The molecule has 1 N–H and O–H groups in total. The van der Waals surface area contributed by atoms with Gasteiger partial charge in [-0.15, -0.1) is 0 Å². The van der Waals surface area contributed by atoms with Crippen molar-refractivity contribution in [1.29, 1.82) is 0 Å². The number of rotatable bonds is 6. The molecular weight excluding hydrogens is 336 g/mol. The van der Waals surface area contributed by atoms with Gasteiger partial charge in [-0.2, -0.15) is 0 Å². The standard InChI is InChI=1S/C19H24N2O3S/c1-5-14(2)15-6-10-17(11-7-15)20-19(22)16-8-12-18(13-9-16)25(23,24)21(3)4/h6-14H,5H2,1-4H3,(H,20,22)/t14-/m0/s1. The number of benzene rings is 2. The molecule has 1 amide bonds. The van der Waals surface area contributed by atoms with Gasteiger partial charge >= 0.3 is 0 Å². The summed E-state index contributed by atoms with van der Waals surface area (Å²) < 4.78 is 25.2. The van der Waals surface area contributed by atoms with Crippen LogP contribution in [-0.4, -0.2) is 32.7 Å². The van der Waals surface area contributed by atoms with Crippen LogP contribution in [0.1, 0.15) is 42.1 Å². The molecule has 1 atom stereocenters. The second kappa shape index (κ2) is 7.80. The number of sulfonamides is 1. The highest BCUT2D eigenvalue weighted by Gasteiger charge is 2.17. The zero-order valence-electron chi connectivity index (χ0n) is 15.0. The first kappa shape index (κ1) is 19.1. The van der Waals surface area contributed by atoms with Crippen molar-refractivity contribution in [1.82, 2.24) is 4.31 Å². The lowest BCUT2D eigenvalue weighted by atomic mass is 9.98. The summed E-state index contributed by atoms with van der Waals surface area (Å²) in [5.74, 6) is 0.209. The number of hydrogen-bond acceptors (Lipinski definition) is 3. The molecule has 0 unspecified atom stereocenters. The topological polar surface area (TPSA) is 66.5 Å². The molecule has 0 aliphatic carbocycles. The maximum absolute atomic E-state index is 12.3. The zero-order chi connectivity index (χ0) is 18.6. The first-order chi connectivity index (χ1) is 11.8. The zero-order valence-corrected chi connectivity index (χ0v) is 15.8. The van der Waals surface area contributed by atoms with Gasteiger partial charge in [0.25, 0.3) is 5.91 Å². The summed E-state index contributed by atoms with van der Waals surface area (Å²) >= 11 is 0. The maximum Gasteiger partial charge on any atom is 0.255 e. The summed E-state index contributed by atoms with van der Waals surface area (Å²) in [5.41, 5.74) is 2.35. The summed E-state index contributed by atoms with van der Waals surface area (Å²) in [5, 5.41) is 2.82. The fraction of sp³-hybridized carbons (Fsp3) is 0.316. The van der Waals surface area contributed by atoms with Crippen molar-refractivity contribution in [3.63, 3.8) is 0 Å². The predicted octanol–water partition coefficient (Wildman–Crippen LogP) is 3.70. The van der Waals surface area contributed by atoms with E-state index in [1.165, 1.54) is 43.9 Å². The Kier molecular flexibility index (Phi) is 5.98. The molecule has 2 aromatic rings. The minimum absolute atomic E-state index is 0.159. The Morgan fingerprint density at radius 1 is 1.04 bits per heavy atom. The van der Waals surface area contributed by atoms with E-state index in [9.17, 15) is 13.2 Å². The van der Waals surface area contributed by atoms with Gasteiger partial charge in [0.05, 0.1) is 4.90 Å². The van der Waals surface area contributed by atoms with E-state index in [4.69, 9.17) is 0 Å². The van der Waals surface area contributed by atoms with Crippen LogP contribution in [-0.2, 0) is 10.0 Å². The fourth-order valence-corrected chi connectivity index (χ4v) is 3.22. The highest BCUT2D eigenvalue weighted by atomic mass is 32.2. The average molecular weight is 360 g/mol. The summed E-state index contributed by atoms with van der Waals surface area (Å²) in [6.07, 6.45) is 1.06. The van der Waals surface area contributed by atoms with Crippen LogP contribution in [0.3, 0.4) is 0 Å². The van der Waals surface area contributed by atoms with E-state index >= 15 is 0 Å². The van der Waals surface area contributed by atoms with Crippen molar-refractivity contribution >= 4 is 21.6 Å². The van der Waals surface area contributed by atoms with Gasteiger partial charge in [-0.25, -0.2) is 12.7 Å². The van der Waals surface area contributed by atoms with Crippen molar-refractivity contribution in [2.75, 3.05) is 19.4 Å². The average Bonchev–Trinajstić information content (AvgIpc) is 2.61. The third kappa shape index (κ3) is 4.46. The third-order valence-corrected chi connectivity index (χ3v) is 6.07. The monoisotopic (exact) mass is 360 g/mol. The molecular formula is C19H24N2O3S. The molecule has 6 heteroatoms. The largest absolute Gasteiger partial charge is 0.322 e. The Bertz CT molecular complexity index is 826. The lowest BCUT2D eigenvalue weighted by Crippen LogP contribution is -2.22. The van der Waals surface area contributed by atoms with Gasteiger partial charge in [-0.1, -0.05) is 26.0 Å². The Morgan fingerprint density at radius 3 is 2.08 bits per heavy atom.